The SMILES string of the molecule is CC(=O)Nc1ccc(C(=O)O[C@H](C)C(=O)NCCc2ccc(F)cc2)cc1. The summed E-state index contributed by atoms with van der Waals surface area (Å²) in [6.07, 6.45) is -0.419. The van der Waals surface area contributed by atoms with E-state index in [0.29, 0.717) is 18.7 Å². The van der Waals surface area contributed by atoms with Crippen LogP contribution in [0.4, 0.5) is 10.1 Å². The van der Waals surface area contributed by atoms with Crippen LogP contribution in [0.3, 0.4) is 0 Å². The van der Waals surface area contributed by atoms with Crippen molar-refractivity contribution in [3.8, 4) is 0 Å². The number of carbonyl (C=O) groups is 3. The number of benzene rings is 2. The Morgan fingerprint density at radius 2 is 1.67 bits per heavy atom. The molecule has 27 heavy (non-hydrogen) atoms. The van der Waals surface area contributed by atoms with Crippen molar-refractivity contribution in [1.82, 2.24) is 5.32 Å². The van der Waals surface area contributed by atoms with E-state index in [-0.39, 0.29) is 17.3 Å². The predicted molar refractivity (Wildman–Crippen MR) is 98.7 cm³/mol. The molecule has 0 aliphatic carbocycles. The van der Waals surface area contributed by atoms with Crippen molar-refractivity contribution >= 4 is 23.5 Å². The van der Waals surface area contributed by atoms with Crippen molar-refractivity contribution in [3.63, 3.8) is 0 Å². The number of hydrogen-bond donors (Lipinski definition) is 2. The third kappa shape index (κ3) is 6.54. The first-order valence-corrected chi connectivity index (χ1v) is 8.46. The van der Waals surface area contributed by atoms with Crippen molar-refractivity contribution in [2.45, 2.75) is 26.4 Å². The molecule has 0 saturated heterocycles. The molecule has 2 N–H and O–H groups in total. The van der Waals surface area contributed by atoms with E-state index < -0.39 is 18.0 Å². The number of ether oxygens (including phenoxy) is 1. The molecule has 0 bridgehead atoms. The number of esters is 1. The van der Waals surface area contributed by atoms with Gasteiger partial charge in [-0.15, -0.1) is 0 Å². The van der Waals surface area contributed by atoms with Crippen LogP contribution in [0.5, 0.6) is 0 Å². The number of anilines is 1. The van der Waals surface area contributed by atoms with Gasteiger partial charge in [-0.3, -0.25) is 9.59 Å². The first kappa shape index (κ1) is 20.1. The lowest BCUT2D eigenvalue weighted by Crippen LogP contribution is -2.36. The number of carbonyl (C=O) groups excluding carboxylic acids is 3. The topological polar surface area (TPSA) is 84.5 Å². The maximum absolute atomic E-state index is 12.8. The third-order valence-corrected chi connectivity index (χ3v) is 3.72. The molecular weight excluding hydrogens is 351 g/mol. The summed E-state index contributed by atoms with van der Waals surface area (Å²) in [4.78, 5) is 35.1. The Morgan fingerprint density at radius 1 is 1.04 bits per heavy atom. The molecule has 0 heterocycles. The molecule has 0 saturated carbocycles. The minimum absolute atomic E-state index is 0.212. The number of nitrogens with one attached hydrogen (secondary N) is 2. The van der Waals surface area contributed by atoms with Crippen molar-refractivity contribution in [3.05, 3.63) is 65.5 Å². The zero-order valence-corrected chi connectivity index (χ0v) is 15.1. The van der Waals surface area contributed by atoms with E-state index in [0.717, 1.165) is 5.56 Å². The summed E-state index contributed by atoms with van der Waals surface area (Å²) in [6.45, 7) is 3.22. The average Bonchev–Trinajstić information content (AvgIpc) is 2.63. The molecule has 0 fully saturated rings. The van der Waals surface area contributed by atoms with Crippen LogP contribution in [0.15, 0.2) is 48.5 Å². The summed E-state index contributed by atoms with van der Waals surface area (Å²) < 4.78 is 18.0. The van der Waals surface area contributed by atoms with Gasteiger partial charge >= 0.3 is 5.97 Å². The van der Waals surface area contributed by atoms with E-state index in [4.69, 9.17) is 4.74 Å². The molecule has 2 amide bonds. The van der Waals surface area contributed by atoms with Gasteiger partial charge in [-0.05, 0) is 55.3 Å². The van der Waals surface area contributed by atoms with Gasteiger partial charge in [0, 0.05) is 19.2 Å². The molecule has 0 aliphatic heterocycles. The molecule has 0 spiro atoms. The molecular formula is C20H21FN2O4. The Morgan fingerprint density at radius 3 is 2.26 bits per heavy atom. The molecule has 142 valence electrons. The molecule has 2 aromatic carbocycles. The minimum Gasteiger partial charge on any atom is -0.449 e. The van der Waals surface area contributed by atoms with E-state index >= 15 is 0 Å². The monoisotopic (exact) mass is 372 g/mol. The zero-order chi connectivity index (χ0) is 19.8. The van der Waals surface area contributed by atoms with E-state index in [2.05, 4.69) is 10.6 Å². The molecule has 0 radical (unpaired) electrons. The lowest BCUT2D eigenvalue weighted by Gasteiger charge is -2.14. The van der Waals surface area contributed by atoms with Gasteiger partial charge in [-0.2, -0.15) is 0 Å². The quantitative estimate of drug-likeness (QED) is 0.732. The molecule has 0 aliphatic rings. The number of hydrogen-bond acceptors (Lipinski definition) is 4. The summed E-state index contributed by atoms with van der Waals surface area (Å²) in [6, 6.07) is 12.2. The molecule has 2 aromatic rings. The molecule has 0 aromatic heterocycles. The van der Waals surface area contributed by atoms with Crippen LogP contribution in [0, 0.1) is 5.82 Å². The summed E-state index contributed by atoms with van der Waals surface area (Å²) in [5.74, 6) is -1.57. The number of rotatable bonds is 7. The number of halogens is 1. The summed E-state index contributed by atoms with van der Waals surface area (Å²) >= 11 is 0. The van der Waals surface area contributed by atoms with Crippen LogP contribution >= 0.6 is 0 Å². The van der Waals surface area contributed by atoms with E-state index in [1.165, 1.54) is 38.1 Å². The first-order chi connectivity index (χ1) is 12.8. The highest BCUT2D eigenvalue weighted by Gasteiger charge is 2.18. The Hall–Kier alpha value is -3.22. The lowest BCUT2D eigenvalue weighted by molar-refractivity contribution is -0.129. The van der Waals surface area contributed by atoms with Crippen LogP contribution < -0.4 is 10.6 Å². The Labute approximate surface area is 156 Å². The fourth-order valence-corrected chi connectivity index (χ4v) is 2.30. The van der Waals surface area contributed by atoms with E-state index in [1.807, 2.05) is 0 Å². The molecule has 1 atom stereocenters. The van der Waals surface area contributed by atoms with E-state index in [9.17, 15) is 18.8 Å². The van der Waals surface area contributed by atoms with E-state index in [1.54, 1.807) is 24.3 Å². The second-order valence-corrected chi connectivity index (χ2v) is 5.97. The minimum atomic E-state index is -0.958. The molecule has 0 unspecified atom stereocenters. The largest absolute Gasteiger partial charge is 0.449 e. The fourth-order valence-electron chi connectivity index (χ4n) is 2.30. The van der Waals surface area contributed by atoms with Crippen LogP contribution in [-0.4, -0.2) is 30.4 Å². The van der Waals surface area contributed by atoms with Gasteiger partial charge < -0.3 is 15.4 Å². The Bertz CT molecular complexity index is 804. The van der Waals surface area contributed by atoms with Gasteiger partial charge in [0.1, 0.15) is 5.82 Å². The molecule has 6 nitrogen and oxygen atoms in total. The van der Waals surface area contributed by atoms with Crippen molar-refractivity contribution in [2.24, 2.45) is 0 Å². The zero-order valence-electron chi connectivity index (χ0n) is 15.1. The van der Waals surface area contributed by atoms with Crippen molar-refractivity contribution in [2.75, 3.05) is 11.9 Å². The second kappa shape index (κ2) is 9.47. The van der Waals surface area contributed by atoms with Crippen molar-refractivity contribution < 1.29 is 23.5 Å². The predicted octanol–water partition coefficient (Wildman–Crippen LogP) is 2.69. The van der Waals surface area contributed by atoms with Crippen molar-refractivity contribution in [1.29, 1.82) is 0 Å². The van der Waals surface area contributed by atoms with Crippen LogP contribution in [0.1, 0.15) is 29.8 Å². The Balaban J connectivity index is 1.79. The van der Waals surface area contributed by atoms with Crippen LogP contribution in [-0.2, 0) is 20.7 Å². The van der Waals surface area contributed by atoms with Gasteiger partial charge in [0.25, 0.3) is 5.91 Å². The lowest BCUT2D eigenvalue weighted by atomic mass is 10.1. The first-order valence-electron chi connectivity index (χ1n) is 8.46. The Kier molecular flexibility index (Phi) is 7.05. The highest BCUT2D eigenvalue weighted by atomic mass is 19.1. The maximum atomic E-state index is 12.8. The van der Waals surface area contributed by atoms with Crippen LogP contribution in [0.2, 0.25) is 0 Å². The second-order valence-electron chi connectivity index (χ2n) is 5.97. The fraction of sp³-hybridized carbons (Fsp3) is 0.250. The van der Waals surface area contributed by atoms with Gasteiger partial charge in [0.15, 0.2) is 6.10 Å². The normalized spacial score (nSPS) is 11.4. The molecule has 2 rings (SSSR count). The maximum Gasteiger partial charge on any atom is 0.338 e. The van der Waals surface area contributed by atoms with Crippen LogP contribution in [0.25, 0.3) is 0 Å². The summed E-state index contributed by atoms with van der Waals surface area (Å²) in [7, 11) is 0. The molecule has 7 heteroatoms. The van der Waals surface area contributed by atoms with Gasteiger partial charge in [-0.1, -0.05) is 12.1 Å². The summed E-state index contributed by atoms with van der Waals surface area (Å²) in [5.41, 5.74) is 1.72. The standard InChI is InChI=1S/C20H21FN2O4/c1-13(19(25)22-12-11-15-3-7-17(21)8-4-15)27-20(26)16-5-9-18(10-6-16)23-14(2)24/h3-10,13H,11-12H2,1-2H3,(H,22,25)(H,23,24)/t13-/m1/s1. The van der Waals surface area contributed by atoms with Gasteiger partial charge in [-0.25, -0.2) is 9.18 Å². The van der Waals surface area contributed by atoms with Gasteiger partial charge in [0.05, 0.1) is 5.56 Å². The number of amides is 2. The smallest absolute Gasteiger partial charge is 0.338 e. The summed E-state index contributed by atoms with van der Waals surface area (Å²) in [5, 5.41) is 5.27. The third-order valence-electron chi connectivity index (χ3n) is 3.72. The van der Waals surface area contributed by atoms with Gasteiger partial charge in [0.2, 0.25) is 5.91 Å². The highest BCUT2D eigenvalue weighted by molar-refractivity contribution is 5.93. The average molecular weight is 372 g/mol. The highest BCUT2D eigenvalue weighted by Crippen LogP contribution is 2.11.